The molecule has 1 fully saturated rings. The molecule has 6 heteroatoms. The van der Waals surface area contributed by atoms with E-state index in [0.29, 0.717) is 5.56 Å². The molecule has 0 radical (unpaired) electrons. The Kier molecular flexibility index (Phi) is 7.49. The molecular weight excluding hydrogens is 378 g/mol. The average Bonchev–Trinajstić information content (AvgIpc) is 3.16. The standard InChI is InChI=1S/C17H25N3O.C7H6O2/c1-13-11-16(21-3)15(14-5-6-18-17(13)14)12-20-8-4-7-19(2)9-10-20;8-7(9)6-4-2-1-3-5-6/h5-6,11,18H,4,7-10,12H2,1-3H3;1-5H,(H,8,9). The van der Waals surface area contributed by atoms with Gasteiger partial charge in [-0.1, -0.05) is 18.2 Å². The fourth-order valence-electron chi connectivity index (χ4n) is 3.84. The molecule has 4 rings (SSSR count). The molecule has 0 spiro atoms. The molecule has 0 bridgehead atoms. The molecule has 0 unspecified atom stereocenters. The summed E-state index contributed by atoms with van der Waals surface area (Å²) < 4.78 is 5.65. The first-order valence-corrected chi connectivity index (χ1v) is 10.3. The van der Waals surface area contributed by atoms with E-state index in [4.69, 9.17) is 9.84 Å². The van der Waals surface area contributed by atoms with Crippen molar-refractivity contribution in [3.05, 3.63) is 65.4 Å². The van der Waals surface area contributed by atoms with E-state index in [0.717, 1.165) is 31.9 Å². The summed E-state index contributed by atoms with van der Waals surface area (Å²) in [7, 11) is 3.98. The van der Waals surface area contributed by atoms with Crippen molar-refractivity contribution in [3.63, 3.8) is 0 Å². The lowest BCUT2D eigenvalue weighted by molar-refractivity contribution is 0.0697. The highest BCUT2D eigenvalue weighted by Gasteiger charge is 2.17. The molecule has 160 valence electrons. The van der Waals surface area contributed by atoms with Crippen LogP contribution < -0.4 is 4.74 Å². The Bertz CT molecular complexity index is 968. The summed E-state index contributed by atoms with van der Waals surface area (Å²) in [6.45, 7) is 7.72. The van der Waals surface area contributed by atoms with Crippen LogP contribution in [0.2, 0.25) is 0 Å². The molecule has 6 nitrogen and oxygen atoms in total. The number of ether oxygens (including phenoxy) is 1. The SMILES string of the molecule is COc1cc(C)c2[nH]ccc2c1CN1CCCN(C)CC1.O=C(O)c1ccccc1. The van der Waals surface area contributed by atoms with Crippen molar-refractivity contribution >= 4 is 16.9 Å². The van der Waals surface area contributed by atoms with Gasteiger partial charge in [0, 0.05) is 42.3 Å². The van der Waals surface area contributed by atoms with Crippen LogP contribution in [0.3, 0.4) is 0 Å². The number of nitrogens with zero attached hydrogens (tertiary/aromatic N) is 2. The van der Waals surface area contributed by atoms with E-state index in [-0.39, 0.29) is 0 Å². The Morgan fingerprint density at radius 1 is 1.13 bits per heavy atom. The smallest absolute Gasteiger partial charge is 0.335 e. The largest absolute Gasteiger partial charge is 0.496 e. The lowest BCUT2D eigenvalue weighted by atomic mass is 10.0. The van der Waals surface area contributed by atoms with Gasteiger partial charge in [-0.15, -0.1) is 0 Å². The number of carbonyl (C=O) groups is 1. The van der Waals surface area contributed by atoms with Crippen molar-refractivity contribution in [1.82, 2.24) is 14.8 Å². The maximum absolute atomic E-state index is 10.2. The molecule has 1 saturated heterocycles. The van der Waals surface area contributed by atoms with E-state index in [9.17, 15) is 4.79 Å². The minimum Gasteiger partial charge on any atom is -0.496 e. The Balaban J connectivity index is 0.000000239. The molecular formula is C24H31N3O3. The van der Waals surface area contributed by atoms with Crippen molar-refractivity contribution in [2.45, 2.75) is 19.9 Å². The number of H-pyrrole nitrogens is 1. The van der Waals surface area contributed by atoms with E-state index in [2.05, 4.69) is 40.9 Å². The van der Waals surface area contributed by atoms with E-state index >= 15 is 0 Å². The van der Waals surface area contributed by atoms with Gasteiger partial charge in [-0.05, 0) is 63.3 Å². The van der Waals surface area contributed by atoms with Crippen molar-refractivity contribution < 1.29 is 14.6 Å². The molecule has 1 aliphatic heterocycles. The van der Waals surface area contributed by atoms with Gasteiger partial charge in [0.25, 0.3) is 0 Å². The Labute approximate surface area is 178 Å². The van der Waals surface area contributed by atoms with Crippen LogP contribution in [-0.4, -0.2) is 66.2 Å². The first kappa shape index (κ1) is 21.9. The fraction of sp³-hybridized carbons (Fsp3) is 0.375. The van der Waals surface area contributed by atoms with Crippen LogP contribution >= 0.6 is 0 Å². The highest BCUT2D eigenvalue weighted by atomic mass is 16.5. The summed E-state index contributed by atoms with van der Waals surface area (Å²) in [6.07, 6.45) is 3.26. The number of rotatable bonds is 4. The van der Waals surface area contributed by atoms with E-state index < -0.39 is 5.97 Å². The van der Waals surface area contributed by atoms with E-state index in [1.807, 2.05) is 6.20 Å². The van der Waals surface area contributed by atoms with Crippen LogP contribution in [-0.2, 0) is 6.54 Å². The molecule has 0 aliphatic carbocycles. The number of aromatic amines is 1. The van der Waals surface area contributed by atoms with Crippen LogP contribution in [0, 0.1) is 6.92 Å². The van der Waals surface area contributed by atoms with Gasteiger partial charge in [-0.25, -0.2) is 4.79 Å². The third-order valence-corrected chi connectivity index (χ3v) is 5.55. The number of aromatic nitrogens is 1. The lowest BCUT2D eigenvalue weighted by Crippen LogP contribution is -2.28. The minimum absolute atomic E-state index is 0.331. The number of aromatic carboxylic acids is 1. The van der Waals surface area contributed by atoms with Crippen molar-refractivity contribution in [3.8, 4) is 5.75 Å². The molecule has 1 aromatic heterocycles. The zero-order chi connectivity index (χ0) is 21.5. The zero-order valence-electron chi connectivity index (χ0n) is 18.0. The second kappa shape index (κ2) is 10.3. The van der Waals surface area contributed by atoms with Crippen LogP contribution in [0.25, 0.3) is 10.9 Å². The van der Waals surface area contributed by atoms with Gasteiger partial charge in [0.1, 0.15) is 5.75 Å². The zero-order valence-corrected chi connectivity index (χ0v) is 18.0. The molecule has 2 N–H and O–H groups in total. The number of hydrogen-bond donors (Lipinski definition) is 2. The topological polar surface area (TPSA) is 68.8 Å². The Morgan fingerprint density at radius 3 is 2.57 bits per heavy atom. The van der Waals surface area contributed by atoms with Gasteiger partial charge in [0.15, 0.2) is 0 Å². The van der Waals surface area contributed by atoms with Gasteiger partial charge in [0.05, 0.1) is 12.7 Å². The predicted octanol–water partition coefficient (Wildman–Crippen LogP) is 4.01. The van der Waals surface area contributed by atoms with Crippen LogP contribution in [0.15, 0.2) is 48.7 Å². The van der Waals surface area contributed by atoms with Gasteiger partial charge < -0.3 is 19.7 Å². The predicted molar refractivity (Wildman–Crippen MR) is 120 cm³/mol. The molecule has 0 saturated carbocycles. The molecule has 2 heterocycles. The fourth-order valence-corrected chi connectivity index (χ4v) is 3.84. The average molecular weight is 410 g/mol. The molecule has 3 aromatic rings. The summed E-state index contributed by atoms with van der Waals surface area (Å²) in [5.74, 6) is 0.132. The Morgan fingerprint density at radius 2 is 1.90 bits per heavy atom. The number of hydrogen-bond acceptors (Lipinski definition) is 4. The maximum atomic E-state index is 10.2. The van der Waals surface area contributed by atoms with Crippen LogP contribution in [0.5, 0.6) is 5.75 Å². The monoisotopic (exact) mass is 409 g/mol. The van der Waals surface area contributed by atoms with E-state index in [1.165, 1.54) is 35.0 Å². The quantitative estimate of drug-likeness (QED) is 0.682. The van der Waals surface area contributed by atoms with Crippen LogP contribution in [0.1, 0.15) is 27.9 Å². The second-order valence-electron chi connectivity index (χ2n) is 7.74. The number of methoxy groups -OCH3 is 1. The van der Waals surface area contributed by atoms with Gasteiger partial charge >= 0.3 is 5.97 Å². The number of carboxylic acid groups (broad SMARTS) is 1. The number of fused-ring (bicyclic) bond motifs is 1. The number of carboxylic acids is 1. The molecule has 0 atom stereocenters. The molecule has 0 amide bonds. The second-order valence-corrected chi connectivity index (χ2v) is 7.74. The molecule has 1 aliphatic rings. The maximum Gasteiger partial charge on any atom is 0.335 e. The first-order valence-electron chi connectivity index (χ1n) is 10.3. The lowest BCUT2D eigenvalue weighted by Gasteiger charge is -2.22. The normalized spacial score (nSPS) is 15.3. The highest BCUT2D eigenvalue weighted by molar-refractivity contribution is 5.88. The molecule has 30 heavy (non-hydrogen) atoms. The third kappa shape index (κ3) is 5.40. The van der Waals surface area contributed by atoms with E-state index in [1.54, 1.807) is 37.4 Å². The van der Waals surface area contributed by atoms with Gasteiger partial charge in [0.2, 0.25) is 0 Å². The first-order chi connectivity index (χ1) is 14.5. The van der Waals surface area contributed by atoms with Crippen molar-refractivity contribution in [1.29, 1.82) is 0 Å². The van der Waals surface area contributed by atoms with Crippen molar-refractivity contribution in [2.75, 3.05) is 40.3 Å². The van der Waals surface area contributed by atoms with Gasteiger partial charge in [-0.2, -0.15) is 0 Å². The summed E-state index contributed by atoms with van der Waals surface area (Å²) in [5, 5.41) is 9.68. The molecule has 2 aromatic carbocycles. The van der Waals surface area contributed by atoms with Crippen molar-refractivity contribution in [2.24, 2.45) is 0 Å². The Hall–Kier alpha value is -2.83. The van der Waals surface area contributed by atoms with Crippen LogP contribution in [0.4, 0.5) is 0 Å². The number of benzene rings is 2. The summed E-state index contributed by atoms with van der Waals surface area (Å²) >= 11 is 0. The number of likely N-dealkylation sites (N-methyl/N-ethyl adjacent to an activating group) is 1. The highest BCUT2D eigenvalue weighted by Crippen LogP contribution is 2.31. The minimum atomic E-state index is -0.879. The summed E-state index contributed by atoms with van der Waals surface area (Å²) in [5.41, 5.74) is 4.12. The number of aryl methyl sites for hydroxylation is 1. The van der Waals surface area contributed by atoms with Gasteiger partial charge in [-0.3, -0.25) is 4.90 Å². The number of nitrogens with one attached hydrogen (secondary N) is 1. The third-order valence-electron chi connectivity index (χ3n) is 5.55. The summed E-state index contributed by atoms with van der Waals surface area (Å²) in [4.78, 5) is 18.5. The summed E-state index contributed by atoms with van der Waals surface area (Å²) in [6, 6.07) is 12.6.